The van der Waals surface area contributed by atoms with Crippen molar-refractivity contribution in [2.24, 2.45) is 5.92 Å². The Morgan fingerprint density at radius 1 is 1.26 bits per heavy atom. The SMILES string of the molecule is CC[C@@H](C)Cc1c(C)sc2nc(CN[C@H](C)c3ccc(Cl)cc3)[nH]c(=O)c12. The van der Waals surface area contributed by atoms with Crippen molar-refractivity contribution < 1.29 is 0 Å². The molecule has 0 saturated heterocycles. The number of thiophene rings is 1. The third kappa shape index (κ3) is 4.60. The average Bonchev–Trinajstić information content (AvgIpc) is 2.95. The molecule has 2 N–H and O–H groups in total. The van der Waals surface area contributed by atoms with Crippen LogP contribution < -0.4 is 10.9 Å². The van der Waals surface area contributed by atoms with Gasteiger partial charge in [-0.15, -0.1) is 11.3 Å². The van der Waals surface area contributed by atoms with E-state index in [1.54, 1.807) is 11.3 Å². The number of aromatic nitrogens is 2. The zero-order valence-corrected chi connectivity index (χ0v) is 17.8. The van der Waals surface area contributed by atoms with Gasteiger partial charge in [-0.3, -0.25) is 4.79 Å². The van der Waals surface area contributed by atoms with Crippen LogP contribution in [0.4, 0.5) is 0 Å². The number of aromatic amines is 1. The van der Waals surface area contributed by atoms with Crippen LogP contribution >= 0.6 is 22.9 Å². The molecule has 1 aromatic carbocycles. The fraction of sp³-hybridized carbons (Fsp3) is 0.429. The lowest BCUT2D eigenvalue weighted by molar-refractivity contribution is 0.558. The highest BCUT2D eigenvalue weighted by Crippen LogP contribution is 2.29. The van der Waals surface area contributed by atoms with E-state index in [0.29, 0.717) is 18.3 Å². The maximum Gasteiger partial charge on any atom is 0.259 e. The predicted octanol–water partition coefficient (Wildman–Crippen LogP) is 5.39. The maximum atomic E-state index is 12.7. The number of hydrogen-bond donors (Lipinski definition) is 2. The summed E-state index contributed by atoms with van der Waals surface area (Å²) >= 11 is 7.57. The Hall–Kier alpha value is -1.69. The molecule has 0 amide bonds. The Bertz CT molecular complexity index is 977. The van der Waals surface area contributed by atoms with E-state index in [4.69, 9.17) is 16.6 Å². The summed E-state index contributed by atoms with van der Waals surface area (Å²) < 4.78 is 0. The third-order valence-electron chi connectivity index (χ3n) is 5.11. The summed E-state index contributed by atoms with van der Waals surface area (Å²) in [6.07, 6.45) is 2.03. The van der Waals surface area contributed by atoms with E-state index >= 15 is 0 Å². The molecule has 3 rings (SSSR count). The third-order valence-corrected chi connectivity index (χ3v) is 6.40. The number of benzene rings is 1. The van der Waals surface area contributed by atoms with Gasteiger partial charge in [-0.05, 0) is 49.4 Å². The van der Waals surface area contributed by atoms with Gasteiger partial charge in [-0.25, -0.2) is 4.98 Å². The molecule has 0 aliphatic carbocycles. The molecule has 3 aromatic rings. The quantitative estimate of drug-likeness (QED) is 0.556. The van der Waals surface area contributed by atoms with Crippen LogP contribution in [0.15, 0.2) is 29.1 Å². The number of fused-ring (bicyclic) bond motifs is 1. The minimum absolute atomic E-state index is 0.0291. The first-order chi connectivity index (χ1) is 12.9. The topological polar surface area (TPSA) is 57.8 Å². The molecule has 27 heavy (non-hydrogen) atoms. The fourth-order valence-electron chi connectivity index (χ4n) is 3.16. The Labute approximate surface area is 169 Å². The maximum absolute atomic E-state index is 12.7. The number of H-pyrrole nitrogens is 1. The van der Waals surface area contributed by atoms with Crippen molar-refractivity contribution in [3.05, 3.63) is 61.5 Å². The molecule has 0 aliphatic heterocycles. The van der Waals surface area contributed by atoms with E-state index in [1.165, 1.54) is 4.88 Å². The first-order valence-corrected chi connectivity index (χ1v) is 10.6. The zero-order valence-electron chi connectivity index (χ0n) is 16.2. The summed E-state index contributed by atoms with van der Waals surface area (Å²) in [6.45, 7) is 9.08. The van der Waals surface area contributed by atoms with Crippen LogP contribution in [0.1, 0.15) is 55.1 Å². The van der Waals surface area contributed by atoms with Crippen molar-refractivity contribution in [2.45, 2.75) is 53.1 Å². The second kappa shape index (κ2) is 8.55. The molecule has 0 unspecified atom stereocenters. The summed E-state index contributed by atoms with van der Waals surface area (Å²) in [4.78, 5) is 22.4. The molecule has 0 spiro atoms. The number of halogens is 1. The zero-order chi connectivity index (χ0) is 19.6. The number of aryl methyl sites for hydroxylation is 1. The Morgan fingerprint density at radius 2 is 1.96 bits per heavy atom. The van der Waals surface area contributed by atoms with Crippen LogP contribution in [0.5, 0.6) is 0 Å². The molecule has 0 aliphatic rings. The van der Waals surface area contributed by atoms with Crippen LogP contribution in [-0.2, 0) is 13.0 Å². The van der Waals surface area contributed by atoms with E-state index in [0.717, 1.165) is 39.2 Å². The lowest BCUT2D eigenvalue weighted by Crippen LogP contribution is -2.22. The monoisotopic (exact) mass is 403 g/mol. The second-order valence-electron chi connectivity index (χ2n) is 7.20. The molecular formula is C21H26ClN3OS. The Kier molecular flexibility index (Phi) is 6.35. The fourth-order valence-corrected chi connectivity index (χ4v) is 4.36. The van der Waals surface area contributed by atoms with Gasteiger partial charge in [0.15, 0.2) is 0 Å². The molecule has 0 radical (unpaired) electrons. The normalized spacial score (nSPS) is 13.8. The van der Waals surface area contributed by atoms with Gasteiger partial charge in [-0.1, -0.05) is 44.0 Å². The van der Waals surface area contributed by atoms with E-state index in [2.05, 4.69) is 38.0 Å². The summed E-state index contributed by atoms with van der Waals surface area (Å²) in [5.41, 5.74) is 2.27. The van der Waals surface area contributed by atoms with E-state index in [1.807, 2.05) is 24.3 Å². The van der Waals surface area contributed by atoms with Gasteiger partial charge in [0.2, 0.25) is 0 Å². The highest BCUT2D eigenvalue weighted by Gasteiger charge is 2.17. The van der Waals surface area contributed by atoms with Gasteiger partial charge in [0.1, 0.15) is 10.7 Å². The summed E-state index contributed by atoms with van der Waals surface area (Å²) in [7, 11) is 0. The number of nitrogens with zero attached hydrogens (tertiary/aromatic N) is 1. The average molecular weight is 404 g/mol. The van der Waals surface area contributed by atoms with Gasteiger partial charge in [0, 0.05) is 15.9 Å². The molecule has 4 nitrogen and oxygen atoms in total. The Balaban J connectivity index is 1.80. The number of nitrogens with one attached hydrogen (secondary N) is 2. The van der Waals surface area contributed by atoms with Crippen molar-refractivity contribution >= 4 is 33.2 Å². The van der Waals surface area contributed by atoms with E-state index < -0.39 is 0 Å². The Morgan fingerprint density at radius 3 is 2.63 bits per heavy atom. The molecule has 2 atom stereocenters. The molecule has 0 saturated carbocycles. The molecule has 0 fully saturated rings. The molecule has 0 bridgehead atoms. The predicted molar refractivity (Wildman–Crippen MR) is 115 cm³/mol. The molecule has 144 valence electrons. The van der Waals surface area contributed by atoms with Crippen LogP contribution in [0.3, 0.4) is 0 Å². The smallest absolute Gasteiger partial charge is 0.259 e. The highest BCUT2D eigenvalue weighted by molar-refractivity contribution is 7.18. The van der Waals surface area contributed by atoms with Crippen molar-refractivity contribution in [2.75, 3.05) is 0 Å². The first-order valence-electron chi connectivity index (χ1n) is 9.39. The van der Waals surface area contributed by atoms with Gasteiger partial charge in [0.05, 0.1) is 11.9 Å². The van der Waals surface area contributed by atoms with Gasteiger partial charge < -0.3 is 10.3 Å². The highest BCUT2D eigenvalue weighted by atomic mass is 35.5. The lowest BCUT2D eigenvalue weighted by atomic mass is 9.98. The van der Waals surface area contributed by atoms with Crippen molar-refractivity contribution in [1.29, 1.82) is 0 Å². The number of hydrogen-bond acceptors (Lipinski definition) is 4. The lowest BCUT2D eigenvalue weighted by Gasteiger charge is -2.14. The number of rotatable bonds is 7. The minimum Gasteiger partial charge on any atom is -0.309 e. The largest absolute Gasteiger partial charge is 0.309 e. The summed E-state index contributed by atoms with van der Waals surface area (Å²) in [6, 6.07) is 7.91. The van der Waals surface area contributed by atoms with E-state index in [-0.39, 0.29) is 11.6 Å². The van der Waals surface area contributed by atoms with Crippen LogP contribution in [0.2, 0.25) is 5.02 Å². The van der Waals surface area contributed by atoms with Crippen LogP contribution in [0, 0.1) is 12.8 Å². The van der Waals surface area contributed by atoms with Crippen molar-refractivity contribution in [3.8, 4) is 0 Å². The first kappa shape index (κ1) is 20.1. The summed E-state index contributed by atoms with van der Waals surface area (Å²) in [5, 5.41) is 4.91. The van der Waals surface area contributed by atoms with E-state index in [9.17, 15) is 4.79 Å². The molecular weight excluding hydrogens is 378 g/mol. The summed E-state index contributed by atoms with van der Waals surface area (Å²) in [5.74, 6) is 1.23. The van der Waals surface area contributed by atoms with Gasteiger partial charge >= 0.3 is 0 Å². The van der Waals surface area contributed by atoms with Crippen molar-refractivity contribution in [1.82, 2.24) is 15.3 Å². The molecule has 2 aromatic heterocycles. The van der Waals surface area contributed by atoms with Crippen molar-refractivity contribution in [3.63, 3.8) is 0 Å². The van der Waals surface area contributed by atoms with Gasteiger partial charge in [-0.2, -0.15) is 0 Å². The minimum atomic E-state index is -0.0291. The molecule has 6 heteroatoms. The van der Waals surface area contributed by atoms with Crippen LogP contribution in [-0.4, -0.2) is 9.97 Å². The molecule has 2 heterocycles. The van der Waals surface area contributed by atoms with Crippen LogP contribution in [0.25, 0.3) is 10.2 Å². The van der Waals surface area contributed by atoms with Gasteiger partial charge in [0.25, 0.3) is 5.56 Å². The second-order valence-corrected chi connectivity index (χ2v) is 8.84. The standard InChI is InChI=1S/C21H26ClN3OS/c1-5-12(2)10-17-14(4)27-21-19(17)20(26)24-18(25-21)11-23-13(3)15-6-8-16(22)9-7-15/h6-9,12-13,23H,5,10-11H2,1-4H3,(H,24,25,26)/t12-,13-/m1/s1.